The number of nitro groups is 1. The molecule has 3 rings (SSSR count). The van der Waals surface area contributed by atoms with Gasteiger partial charge < -0.3 is 10.2 Å². The molecule has 0 heterocycles. The highest BCUT2D eigenvalue weighted by atomic mass is 35.5. The molecule has 0 aliphatic heterocycles. The van der Waals surface area contributed by atoms with Crippen LogP contribution in [0.1, 0.15) is 37.5 Å². The molecule has 1 atom stereocenters. The van der Waals surface area contributed by atoms with Crippen molar-refractivity contribution in [2.75, 3.05) is 17.1 Å². The second-order valence-electron chi connectivity index (χ2n) is 11.1. The van der Waals surface area contributed by atoms with Gasteiger partial charge in [0.2, 0.25) is 21.8 Å². The molecule has 0 unspecified atom stereocenters. The fourth-order valence-corrected chi connectivity index (χ4v) is 5.53. The predicted molar refractivity (Wildman–Crippen MR) is 164 cm³/mol. The number of carbonyl (C=O) groups excluding carboxylic acids is 2. The highest BCUT2D eigenvalue weighted by Gasteiger charge is 2.35. The first-order valence-electron chi connectivity index (χ1n) is 13.2. The average molecular weight is 615 g/mol. The lowest BCUT2D eigenvalue weighted by atomic mass is 10.0. The van der Waals surface area contributed by atoms with Crippen molar-refractivity contribution in [2.45, 2.75) is 52.2 Å². The highest BCUT2D eigenvalue weighted by Crippen LogP contribution is 2.28. The normalized spacial score (nSPS) is 12.3. The minimum Gasteiger partial charge on any atom is -0.350 e. The number of aryl methyl sites for hydroxylation is 1. The Morgan fingerprint density at radius 1 is 1.00 bits per heavy atom. The van der Waals surface area contributed by atoms with Crippen LogP contribution >= 0.6 is 11.6 Å². The van der Waals surface area contributed by atoms with Crippen LogP contribution in [0.3, 0.4) is 0 Å². The number of nitro benzene ring substituents is 1. The van der Waals surface area contributed by atoms with E-state index >= 15 is 0 Å². The van der Waals surface area contributed by atoms with E-state index in [1.54, 1.807) is 31.2 Å². The summed E-state index contributed by atoms with van der Waals surface area (Å²) in [5.41, 5.74) is 0.919. The summed E-state index contributed by atoms with van der Waals surface area (Å²) in [6, 6.07) is 18.8. The molecule has 42 heavy (non-hydrogen) atoms. The predicted octanol–water partition coefficient (Wildman–Crippen LogP) is 4.88. The van der Waals surface area contributed by atoms with Crippen molar-refractivity contribution in [3.8, 4) is 0 Å². The summed E-state index contributed by atoms with van der Waals surface area (Å²) in [7, 11) is -4.08. The maximum absolute atomic E-state index is 14.2. The maximum Gasteiger partial charge on any atom is 0.271 e. The Morgan fingerprint density at radius 2 is 1.64 bits per heavy atom. The first-order chi connectivity index (χ1) is 19.5. The largest absolute Gasteiger partial charge is 0.350 e. The summed E-state index contributed by atoms with van der Waals surface area (Å²) in [5, 5.41) is 14.8. The Hall–Kier alpha value is -3.96. The van der Waals surface area contributed by atoms with Gasteiger partial charge in [-0.1, -0.05) is 60.1 Å². The second kappa shape index (κ2) is 13.3. The minimum absolute atomic E-state index is 0.00140. The molecule has 0 fully saturated rings. The fraction of sp³-hybridized carbons (Fsp3) is 0.333. The van der Waals surface area contributed by atoms with Gasteiger partial charge in [0.05, 0.1) is 16.9 Å². The molecule has 3 aromatic carbocycles. The zero-order chi connectivity index (χ0) is 31.2. The van der Waals surface area contributed by atoms with Gasteiger partial charge in [-0.3, -0.25) is 24.0 Å². The lowest BCUT2D eigenvalue weighted by Crippen LogP contribution is -2.56. The molecule has 0 saturated carbocycles. The number of rotatable bonds is 11. The third-order valence-electron chi connectivity index (χ3n) is 6.36. The Kier molecular flexibility index (Phi) is 10.3. The Morgan fingerprint density at radius 3 is 2.21 bits per heavy atom. The van der Waals surface area contributed by atoms with Crippen LogP contribution in [0.15, 0.2) is 72.8 Å². The number of halogens is 1. The SMILES string of the molecule is Cc1ccc([N+](=O)[O-])cc1N(CC(=O)N(Cc1cccc(Cl)c1)[C@H](Cc1ccccc1)C(=O)NC(C)(C)C)S(C)(=O)=O. The monoisotopic (exact) mass is 614 g/mol. The Labute approximate surface area is 251 Å². The average Bonchev–Trinajstić information content (AvgIpc) is 2.88. The van der Waals surface area contributed by atoms with E-state index in [0.717, 1.165) is 22.2 Å². The van der Waals surface area contributed by atoms with Crippen molar-refractivity contribution in [3.05, 3.63) is 105 Å². The minimum atomic E-state index is -4.08. The van der Waals surface area contributed by atoms with Crippen molar-refractivity contribution in [1.29, 1.82) is 0 Å². The van der Waals surface area contributed by atoms with Gasteiger partial charge in [0, 0.05) is 35.7 Å². The van der Waals surface area contributed by atoms with Gasteiger partial charge in [-0.25, -0.2) is 8.42 Å². The number of nitrogens with zero attached hydrogens (tertiary/aromatic N) is 3. The van der Waals surface area contributed by atoms with Crippen LogP contribution in [0, 0.1) is 17.0 Å². The maximum atomic E-state index is 14.2. The fourth-order valence-electron chi connectivity index (χ4n) is 4.41. The zero-order valence-electron chi connectivity index (χ0n) is 24.2. The van der Waals surface area contributed by atoms with E-state index in [9.17, 15) is 28.1 Å². The van der Waals surface area contributed by atoms with E-state index in [-0.39, 0.29) is 24.3 Å². The number of nitrogens with one attached hydrogen (secondary N) is 1. The standard InChI is InChI=1S/C30H35ClN4O6S/c1-21-14-15-25(35(38)39)18-26(21)34(42(5,40)41)20-28(36)33(19-23-12-9-13-24(31)16-23)27(29(37)32-30(2,3)4)17-22-10-7-6-8-11-22/h6-16,18,27H,17,19-20H2,1-5H3,(H,32,37)/t27-/m1/s1. The van der Waals surface area contributed by atoms with Crippen LogP contribution in [0.25, 0.3) is 0 Å². The van der Waals surface area contributed by atoms with E-state index in [4.69, 9.17) is 11.6 Å². The number of benzene rings is 3. The summed E-state index contributed by atoms with van der Waals surface area (Å²) in [6.45, 7) is 6.34. The first kappa shape index (κ1) is 32.6. The first-order valence-corrected chi connectivity index (χ1v) is 15.4. The van der Waals surface area contributed by atoms with Gasteiger partial charge >= 0.3 is 0 Å². The molecule has 2 amide bonds. The number of sulfonamides is 1. The molecule has 0 bridgehead atoms. The summed E-state index contributed by atoms with van der Waals surface area (Å²) in [5.74, 6) is -1.09. The van der Waals surface area contributed by atoms with Crippen LogP contribution in [0.2, 0.25) is 5.02 Å². The van der Waals surface area contributed by atoms with Crippen molar-refractivity contribution in [3.63, 3.8) is 0 Å². The van der Waals surface area contributed by atoms with Gasteiger partial charge in [-0.2, -0.15) is 0 Å². The number of carbonyl (C=O) groups is 2. The lowest BCUT2D eigenvalue weighted by molar-refractivity contribution is -0.384. The van der Waals surface area contributed by atoms with Crippen molar-refractivity contribution >= 4 is 44.8 Å². The number of non-ortho nitro benzene ring substituents is 1. The Balaban J connectivity index is 2.13. The van der Waals surface area contributed by atoms with Gasteiger partial charge in [0.15, 0.2) is 0 Å². The van der Waals surface area contributed by atoms with Crippen LogP contribution in [0.4, 0.5) is 11.4 Å². The topological polar surface area (TPSA) is 130 Å². The van der Waals surface area contributed by atoms with E-state index in [1.165, 1.54) is 17.0 Å². The molecule has 10 nitrogen and oxygen atoms in total. The van der Waals surface area contributed by atoms with Crippen molar-refractivity contribution in [2.24, 2.45) is 0 Å². The summed E-state index contributed by atoms with van der Waals surface area (Å²) >= 11 is 6.22. The highest BCUT2D eigenvalue weighted by molar-refractivity contribution is 7.92. The van der Waals surface area contributed by atoms with Crippen LogP contribution in [0.5, 0.6) is 0 Å². The summed E-state index contributed by atoms with van der Waals surface area (Å²) < 4.78 is 26.8. The van der Waals surface area contributed by atoms with E-state index < -0.39 is 44.9 Å². The van der Waals surface area contributed by atoms with Crippen molar-refractivity contribution < 1.29 is 22.9 Å². The van der Waals surface area contributed by atoms with Crippen LogP contribution in [-0.4, -0.2) is 54.4 Å². The summed E-state index contributed by atoms with van der Waals surface area (Å²) in [6.07, 6.45) is 1.08. The van der Waals surface area contributed by atoms with Crippen LogP contribution in [-0.2, 0) is 32.6 Å². The molecule has 0 aliphatic rings. The molecule has 0 aromatic heterocycles. The number of hydrogen-bond donors (Lipinski definition) is 1. The van der Waals surface area contributed by atoms with Gasteiger partial charge in [-0.15, -0.1) is 0 Å². The molecule has 12 heteroatoms. The van der Waals surface area contributed by atoms with Crippen LogP contribution < -0.4 is 9.62 Å². The molecule has 1 N–H and O–H groups in total. The van der Waals surface area contributed by atoms with Crippen molar-refractivity contribution in [1.82, 2.24) is 10.2 Å². The van der Waals surface area contributed by atoms with Gasteiger partial charge in [-0.05, 0) is 56.5 Å². The quantitative estimate of drug-likeness (QED) is 0.242. The molecule has 0 aliphatic carbocycles. The molecule has 0 saturated heterocycles. The molecule has 224 valence electrons. The third kappa shape index (κ3) is 9.02. The Bertz CT molecular complexity index is 1560. The van der Waals surface area contributed by atoms with E-state index in [1.807, 2.05) is 51.1 Å². The lowest BCUT2D eigenvalue weighted by Gasteiger charge is -2.35. The zero-order valence-corrected chi connectivity index (χ0v) is 25.8. The molecular weight excluding hydrogens is 580 g/mol. The van der Waals surface area contributed by atoms with E-state index in [0.29, 0.717) is 16.1 Å². The third-order valence-corrected chi connectivity index (χ3v) is 7.72. The van der Waals surface area contributed by atoms with Gasteiger partial charge in [0.25, 0.3) is 5.69 Å². The second-order valence-corrected chi connectivity index (χ2v) is 13.4. The smallest absolute Gasteiger partial charge is 0.271 e. The molecule has 3 aromatic rings. The molecule has 0 spiro atoms. The summed E-state index contributed by atoms with van der Waals surface area (Å²) in [4.78, 5) is 40.1. The number of hydrogen-bond acceptors (Lipinski definition) is 6. The number of amides is 2. The van der Waals surface area contributed by atoms with Gasteiger partial charge in [0.1, 0.15) is 12.6 Å². The number of anilines is 1. The molecular formula is C30H35ClN4O6S. The van der Waals surface area contributed by atoms with E-state index in [2.05, 4.69) is 5.32 Å². The molecule has 0 radical (unpaired) electrons.